The molecule has 0 radical (unpaired) electrons. The Balaban J connectivity index is 1.96. The molecule has 3 aromatic rings. The standard InChI is InChI=1S/C22H24N2O3S/c1-4-7-21(25)16-12-14-17(15-13-16)23-28(26,27)22-11-6-8-18-19(22)9-5-10-20(18)24(2)3/h5-6,8-15,23H,4,7H2,1-3H3. The molecule has 0 amide bonds. The van der Waals surface area contributed by atoms with Gasteiger partial charge in [0.1, 0.15) is 0 Å². The summed E-state index contributed by atoms with van der Waals surface area (Å²) in [5.41, 5.74) is 1.97. The topological polar surface area (TPSA) is 66.5 Å². The summed E-state index contributed by atoms with van der Waals surface area (Å²) < 4.78 is 28.7. The van der Waals surface area contributed by atoms with Crippen molar-refractivity contribution in [2.75, 3.05) is 23.7 Å². The maximum atomic E-state index is 13.0. The number of Topliss-reactive ketones (excluding diaryl/α,β-unsaturated/α-hetero) is 1. The largest absolute Gasteiger partial charge is 0.377 e. The van der Waals surface area contributed by atoms with E-state index in [-0.39, 0.29) is 10.7 Å². The van der Waals surface area contributed by atoms with Gasteiger partial charge in [0, 0.05) is 48.2 Å². The average molecular weight is 397 g/mol. The summed E-state index contributed by atoms with van der Waals surface area (Å²) in [5.74, 6) is 0.0576. The van der Waals surface area contributed by atoms with Crippen LogP contribution in [0.15, 0.2) is 65.6 Å². The number of fused-ring (bicyclic) bond motifs is 1. The predicted molar refractivity (Wildman–Crippen MR) is 115 cm³/mol. The van der Waals surface area contributed by atoms with Crippen LogP contribution in [0.1, 0.15) is 30.1 Å². The lowest BCUT2D eigenvalue weighted by molar-refractivity contribution is 0.0982. The van der Waals surface area contributed by atoms with Crippen LogP contribution < -0.4 is 9.62 Å². The minimum absolute atomic E-state index is 0.0576. The molecule has 28 heavy (non-hydrogen) atoms. The number of nitrogens with one attached hydrogen (secondary N) is 1. The Morgan fingerprint density at radius 1 is 0.929 bits per heavy atom. The number of nitrogens with zero attached hydrogens (tertiary/aromatic N) is 1. The molecule has 0 bridgehead atoms. The van der Waals surface area contributed by atoms with Gasteiger partial charge in [-0.1, -0.05) is 31.2 Å². The van der Waals surface area contributed by atoms with Gasteiger partial charge in [0.05, 0.1) is 4.90 Å². The highest BCUT2D eigenvalue weighted by molar-refractivity contribution is 7.93. The third-order valence-corrected chi connectivity index (χ3v) is 6.01. The first kappa shape index (κ1) is 19.9. The maximum absolute atomic E-state index is 13.0. The SMILES string of the molecule is CCCC(=O)c1ccc(NS(=O)(=O)c2cccc3c(N(C)C)cccc23)cc1. The summed E-state index contributed by atoms with van der Waals surface area (Å²) in [6.45, 7) is 1.95. The molecule has 3 aromatic carbocycles. The van der Waals surface area contributed by atoms with E-state index in [0.717, 1.165) is 17.5 Å². The molecule has 0 aliphatic heterocycles. The highest BCUT2D eigenvalue weighted by Crippen LogP contribution is 2.31. The van der Waals surface area contributed by atoms with Gasteiger partial charge >= 0.3 is 0 Å². The first-order valence-corrected chi connectivity index (χ1v) is 10.7. The predicted octanol–water partition coefficient (Wildman–Crippen LogP) is 4.69. The average Bonchev–Trinajstić information content (AvgIpc) is 2.67. The Hall–Kier alpha value is -2.86. The molecule has 0 aromatic heterocycles. The molecule has 0 saturated carbocycles. The van der Waals surface area contributed by atoms with Gasteiger partial charge in [0.2, 0.25) is 0 Å². The second kappa shape index (κ2) is 8.02. The minimum atomic E-state index is -3.78. The van der Waals surface area contributed by atoms with Crippen molar-refractivity contribution >= 4 is 38.0 Å². The molecule has 0 aliphatic carbocycles. The Bertz CT molecular complexity index is 1100. The van der Waals surface area contributed by atoms with Crippen LogP contribution in [0, 0.1) is 0 Å². The molecule has 0 atom stereocenters. The zero-order valence-corrected chi connectivity index (χ0v) is 17.1. The molecular formula is C22H24N2O3S. The third-order valence-electron chi connectivity index (χ3n) is 4.57. The fourth-order valence-electron chi connectivity index (χ4n) is 3.19. The maximum Gasteiger partial charge on any atom is 0.262 e. The lowest BCUT2D eigenvalue weighted by Crippen LogP contribution is -2.14. The zero-order valence-electron chi connectivity index (χ0n) is 16.3. The molecule has 0 saturated heterocycles. The van der Waals surface area contributed by atoms with Crippen LogP contribution in [0.2, 0.25) is 0 Å². The summed E-state index contributed by atoms with van der Waals surface area (Å²) in [6.07, 6.45) is 1.26. The van der Waals surface area contributed by atoms with E-state index in [4.69, 9.17) is 0 Å². The molecule has 0 spiro atoms. The Morgan fingerprint density at radius 3 is 2.21 bits per heavy atom. The van der Waals surface area contributed by atoms with Crippen molar-refractivity contribution in [2.45, 2.75) is 24.7 Å². The van der Waals surface area contributed by atoms with E-state index < -0.39 is 10.0 Å². The lowest BCUT2D eigenvalue weighted by Gasteiger charge is -2.17. The fourth-order valence-corrected chi connectivity index (χ4v) is 4.48. The monoisotopic (exact) mass is 396 g/mol. The van der Waals surface area contributed by atoms with Gasteiger partial charge in [-0.25, -0.2) is 8.42 Å². The highest BCUT2D eigenvalue weighted by Gasteiger charge is 2.19. The molecule has 0 aliphatic rings. The Morgan fingerprint density at radius 2 is 1.57 bits per heavy atom. The second-order valence-electron chi connectivity index (χ2n) is 6.88. The van der Waals surface area contributed by atoms with Crippen molar-refractivity contribution in [3.05, 3.63) is 66.2 Å². The van der Waals surface area contributed by atoms with Gasteiger partial charge in [-0.15, -0.1) is 0 Å². The van der Waals surface area contributed by atoms with Gasteiger partial charge in [-0.3, -0.25) is 9.52 Å². The summed E-state index contributed by atoms with van der Waals surface area (Å²) in [5, 5.41) is 1.53. The summed E-state index contributed by atoms with van der Waals surface area (Å²) in [4.78, 5) is 14.1. The second-order valence-corrected chi connectivity index (χ2v) is 8.53. The molecule has 1 N–H and O–H groups in total. The normalized spacial score (nSPS) is 11.4. The highest BCUT2D eigenvalue weighted by atomic mass is 32.2. The van der Waals surface area contributed by atoms with Crippen molar-refractivity contribution < 1.29 is 13.2 Å². The number of carbonyl (C=O) groups excluding carboxylic acids is 1. The number of hydrogen-bond acceptors (Lipinski definition) is 4. The number of ketones is 1. The third kappa shape index (κ3) is 4.02. The van der Waals surface area contributed by atoms with Gasteiger partial charge in [0.15, 0.2) is 5.78 Å². The molecule has 6 heteroatoms. The van der Waals surface area contributed by atoms with E-state index in [9.17, 15) is 13.2 Å². The van der Waals surface area contributed by atoms with Crippen molar-refractivity contribution in [2.24, 2.45) is 0 Å². The van der Waals surface area contributed by atoms with Crippen LogP contribution in [0.5, 0.6) is 0 Å². The molecule has 0 fully saturated rings. The van der Waals surface area contributed by atoms with E-state index in [2.05, 4.69) is 4.72 Å². The molecule has 0 unspecified atom stereocenters. The number of carbonyl (C=O) groups is 1. The summed E-state index contributed by atoms with van der Waals surface area (Å²) in [7, 11) is 0.0732. The Kier molecular flexibility index (Phi) is 5.70. The number of rotatable bonds is 7. The molecule has 0 heterocycles. The Labute approximate surface area is 166 Å². The first-order chi connectivity index (χ1) is 13.3. The molecule has 3 rings (SSSR count). The van der Waals surface area contributed by atoms with Gasteiger partial charge in [-0.2, -0.15) is 0 Å². The quantitative estimate of drug-likeness (QED) is 0.589. The number of hydrogen-bond donors (Lipinski definition) is 1. The first-order valence-electron chi connectivity index (χ1n) is 9.18. The van der Waals surface area contributed by atoms with E-state index in [0.29, 0.717) is 23.1 Å². The van der Waals surface area contributed by atoms with Crippen LogP contribution >= 0.6 is 0 Å². The van der Waals surface area contributed by atoms with Gasteiger partial charge in [0.25, 0.3) is 10.0 Å². The van der Waals surface area contributed by atoms with Crippen LogP contribution in [0.3, 0.4) is 0 Å². The van der Waals surface area contributed by atoms with E-state index in [1.165, 1.54) is 0 Å². The van der Waals surface area contributed by atoms with Gasteiger partial charge in [-0.05, 0) is 42.8 Å². The molecular weight excluding hydrogens is 372 g/mol. The molecule has 5 nitrogen and oxygen atoms in total. The molecule has 146 valence electrons. The summed E-state index contributed by atoms with van der Waals surface area (Å²) >= 11 is 0. The number of benzene rings is 3. The zero-order chi connectivity index (χ0) is 20.3. The van der Waals surface area contributed by atoms with Crippen molar-refractivity contribution in [3.8, 4) is 0 Å². The van der Waals surface area contributed by atoms with E-state index in [1.807, 2.05) is 50.2 Å². The van der Waals surface area contributed by atoms with Crippen LogP contribution in [0.25, 0.3) is 10.8 Å². The van der Waals surface area contributed by atoms with Crippen molar-refractivity contribution in [1.29, 1.82) is 0 Å². The summed E-state index contributed by atoms with van der Waals surface area (Å²) in [6, 6.07) is 17.4. The fraction of sp³-hybridized carbons (Fsp3) is 0.227. The number of anilines is 2. The lowest BCUT2D eigenvalue weighted by atomic mass is 10.1. The minimum Gasteiger partial charge on any atom is -0.377 e. The number of sulfonamides is 1. The smallest absolute Gasteiger partial charge is 0.262 e. The van der Waals surface area contributed by atoms with E-state index >= 15 is 0 Å². The van der Waals surface area contributed by atoms with Crippen LogP contribution in [-0.2, 0) is 10.0 Å². The van der Waals surface area contributed by atoms with Crippen LogP contribution in [-0.4, -0.2) is 28.3 Å². The van der Waals surface area contributed by atoms with Gasteiger partial charge < -0.3 is 4.90 Å². The van der Waals surface area contributed by atoms with E-state index in [1.54, 1.807) is 36.4 Å². The van der Waals surface area contributed by atoms with Crippen molar-refractivity contribution in [3.63, 3.8) is 0 Å². The van der Waals surface area contributed by atoms with Crippen molar-refractivity contribution in [1.82, 2.24) is 0 Å². The van der Waals surface area contributed by atoms with Crippen LogP contribution in [0.4, 0.5) is 11.4 Å².